The molecule has 2 rings (SSSR count). The van der Waals surface area contributed by atoms with Gasteiger partial charge in [-0.05, 0) is 48.4 Å². The van der Waals surface area contributed by atoms with Crippen LogP contribution in [0.3, 0.4) is 0 Å². The molecule has 0 fully saturated rings. The lowest BCUT2D eigenvalue weighted by Gasteiger charge is -2.28. The van der Waals surface area contributed by atoms with E-state index in [2.05, 4.69) is 5.32 Å². The van der Waals surface area contributed by atoms with Gasteiger partial charge in [0, 0.05) is 17.3 Å². The fraction of sp³-hybridized carbons (Fsp3) is 0.250. The van der Waals surface area contributed by atoms with Crippen molar-refractivity contribution >= 4 is 40.5 Å². The van der Waals surface area contributed by atoms with E-state index in [9.17, 15) is 5.11 Å². The summed E-state index contributed by atoms with van der Waals surface area (Å²) < 4.78 is 0. The van der Waals surface area contributed by atoms with Gasteiger partial charge >= 0.3 is 0 Å². The van der Waals surface area contributed by atoms with Crippen LogP contribution in [0.4, 0.5) is 5.69 Å². The molecular formula is C16H16Cl3NO. The zero-order valence-electron chi connectivity index (χ0n) is 11.5. The third-order valence-electron chi connectivity index (χ3n) is 3.47. The number of benzene rings is 2. The topological polar surface area (TPSA) is 32.3 Å². The van der Waals surface area contributed by atoms with Crippen molar-refractivity contribution in [3.8, 4) is 0 Å². The Kier molecular flexibility index (Phi) is 5.39. The average molecular weight is 345 g/mol. The molecule has 2 aromatic carbocycles. The van der Waals surface area contributed by atoms with Crippen molar-refractivity contribution in [1.82, 2.24) is 0 Å². The van der Waals surface area contributed by atoms with Gasteiger partial charge in [0.25, 0.3) is 0 Å². The maximum atomic E-state index is 10.8. The molecule has 0 spiro atoms. The first-order chi connectivity index (χ1) is 9.94. The van der Waals surface area contributed by atoms with E-state index in [0.29, 0.717) is 28.0 Å². The van der Waals surface area contributed by atoms with Crippen LogP contribution in [0.15, 0.2) is 42.5 Å². The van der Waals surface area contributed by atoms with Crippen molar-refractivity contribution in [2.24, 2.45) is 0 Å². The molecule has 0 heterocycles. The molecule has 0 aliphatic heterocycles. The van der Waals surface area contributed by atoms with Crippen LogP contribution in [-0.2, 0) is 5.60 Å². The second-order valence-electron chi connectivity index (χ2n) is 4.87. The molecular weight excluding hydrogens is 329 g/mol. The van der Waals surface area contributed by atoms with Gasteiger partial charge in [0.05, 0.1) is 10.0 Å². The third kappa shape index (κ3) is 4.04. The SMILES string of the molecule is CCC(O)(CNc1ccc(Cl)cc1)c1ccc(Cl)c(Cl)c1. The lowest BCUT2D eigenvalue weighted by Crippen LogP contribution is -2.33. The first-order valence-electron chi connectivity index (χ1n) is 6.62. The minimum absolute atomic E-state index is 0.364. The summed E-state index contributed by atoms with van der Waals surface area (Å²) in [6.45, 7) is 2.29. The molecule has 0 aliphatic carbocycles. The molecule has 5 heteroatoms. The van der Waals surface area contributed by atoms with Crippen LogP contribution in [0, 0.1) is 0 Å². The van der Waals surface area contributed by atoms with Crippen LogP contribution in [0.5, 0.6) is 0 Å². The van der Waals surface area contributed by atoms with Gasteiger partial charge in [-0.15, -0.1) is 0 Å². The summed E-state index contributed by atoms with van der Waals surface area (Å²) in [6.07, 6.45) is 0.547. The minimum atomic E-state index is -1.02. The molecule has 0 amide bonds. The Bertz CT molecular complexity index is 615. The largest absolute Gasteiger partial charge is 0.383 e. The summed E-state index contributed by atoms with van der Waals surface area (Å²) in [4.78, 5) is 0. The Morgan fingerprint density at radius 3 is 2.24 bits per heavy atom. The molecule has 2 aromatic rings. The van der Waals surface area contributed by atoms with Gasteiger partial charge in [-0.3, -0.25) is 0 Å². The second kappa shape index (κ2) is 6.89. The minimum Gasteiger partial charge on any atom is -0.383 e. The molecule has 112 valence electrons. The predicted molar refractivity (Wildman–Crippen MR) is 90.6 cm³/mol. The number of nitrogens with one attached hydrogen (secondary N) is 1. The number of anilines is 1. The lowest BCUT2D eigenvalue weighted by molar-refractivity contribution is 0.0464. The van der Waals surface area contributed by atoms with Crippen molar-refractivity contribution < 1.29 is 5.11 Å². The number of aliphatic hydroxyl groups is 1. The maximum Gasteiger partial charge on any atom is 0.107 e. The Balaban J connectivity index is 2.16. The van der Waals surface area contributed by atoms with Crippen LogP contribution in [0.25, 0.3) is 0 Å². The van der Waals surface area contributed by atoms with Gasteiger partial charge in [-0.25, -0.2) is 0 Å². The van der Waals surface area contributed by atoms with Gasteiger partial charge in [0.2, 0.25) is 0 Å². The van der Waals surface area contributed by atoms with Gasteiger partial charge in [0.15, 0.2) is 0 Å². The average Bonchev–Trinajstić information content (AvgIpc) is 2.49. The van der Waals surface area contributed by atoms with Crippen molar-refractivity contribution in [2.45, 2.75) is 18.9 Å². The van der Waals surface area contributed by atoms with Crippen LogP contribution in [0.2, 0.25) is 15.1 Å². The van der Waals surface area contributed by atoms with E-state index in [4.69, 9.17) is 34.8 Å². The summed E-state index contributed by atoms with van der Waals surface area (Å²) in [7, 11) is 0. The number of hydrogen-bond acceptors (Lipinski definition) is 2. The van der Waals surface area contributed by atoms with E-state index in [1.165, 1.54) is 0 Å². The standard InChI is InChI=1S/C16H16Cl3NO/c1-2-16(21,11-3-8-14(18)15(19)9-11)10-20-13-6-4-12(17)5-7-13/h3-9,20-21H,2,10H2,1H3. The van der Waals surface area contributed by atoms with Gasteiger partial charge in [-0.1, -0.05) is 47.8 Å². The van der Waals surface area contributed by atoms with Crippen molar-refractivity contribution in [2.75, 3.05) is 11.9 Å². The highest BCUT2D eigenvalue weighted by Crippen LogP contribution is 2.31. The fourth-order valence-electron chi connectivity index (χ4n) is 2.03. The summed E-state index contributed by atoms with van der Waals surface area (Å²) in [5, 5.41) is 15.6. The smallest absolute Gasteiger partial charge is 0.107 e. The molecule has 1 atom stereocenters. The first-order valence-corrected chi connectivity index (χ1v) is 7.75. The molecule has 0 saturated heterocycles. The lowest BCUT2D eigenvalue weighted by atomic mass is 9.91. The molecule has 0 bridgehead atoms. The molecule has 2 N–H and O–H groups in total. The molecule has 21 heavy (non-hydrogen) atoms. The molecule has 0 saturated carbocycles. The highest BCUT2D eigenvalue weighted by Gasteiger charge is 2.27. The Morgan fingerprint density at radius 1 is 1.00 bits per heavy atom. The van der Waals surface area contributed by atoms with Crippen molar-refractivity contribution in [3.05, 3.63) is 63.1 Å². The third-order valence-corrected chi connectivity index (χ3v) is 4.46. The van der Waals surface area contributed by atoms with Crippen molar-refractivity contribution in [3.63, 3.8) is 0 Å². The number of rotatable bonds is 5. The monoisotopic (exact) mass is 343 g/mol. The van der Waals surface area contributed by atoms with Crippen LogP contribution in [-0.4, -0.2) is 11.7 Å². The zero-order valence-corrected chi connectivity index (χ0v) is 13.8. The van der Waals surface area contributed by atoms with E-state index in [1.807, 2.05) is 19.1 Å². The highest BCUT2D eigenvalue weighted by atomic mass is 35.5. The van der Waals surface area contributed by atoms with Crippen molar-refractivity contribution in [1.29, 1.82) is 0 Å². The molecule has 0 aliphatic rings. The highest BCUT2D eigenvalue weighted by molar-refractivity contribution is 6.42. The fourth-order valence-corrected chi connectivity index (χ4v) is 2.46. The van der Waals surface area contributed by atoms with Gasteiger partial charge in [-0.2, -0.15) is 0 Å². The predicted octanol–water partition coefficient (Wildman–Crippen LogP) is 5.36. The first kappa shape index (κ1) is 16.4. The second-order valence-corrected chi connectivity index (χ2v) is 6.13. The van der Waals surface area contributed by atoms with Crippen LogP contribution < -0.4 is 5.32 Å². The quantitative estimate of drug-likeness (QED) is 0.765. The number of halogens is 3. The zero-order chi connectivity index (χ0) is 15.5. The maximum absolute atomic E-state index is 10.8. The van der Waals surface area contributed by atoms with E-state index in [0.717, 1.165) is 11.3 Å². The Labute approximate surface area is 139 Å². The summed E-state index contributed by atoms with van der Waals surface area (Å²) in [6, 6.07) is 12.5. The summed E-state index contributed by atoms with van der Waals surface area (Å²) in [5.41, 5.74) is 0.612. The summed E-state index contributed by atoms with van der Waals surface area (Å²) >= 11 is 17.8. The van der Waals surface area contributed by atoms with Crippen LogP contribution in [0.1, 0.15) is 18.9 Å². The Hall–Kier alpha value is -0.930. The van der Waals surface area contributed by atoms with E-state index < -0.39 is 5.60 Å². The van der Waals surface area contributed by atoms with Gasteiger partial charge in [0.1, 0.15) is 5.60 Å². The summed E-state index contributed by atoms with van der Waals surface area (Å²) in [5.74, 6) is 0. The number of hydrogen-bond donors (Lipinski definition) is 2. The van der Waals surface area contributed by atoms with E-state index in [1.54, 1.807) is 30.3 Å². The molecule has 0 radical (unpaired) electrons. The van der Waals surface area contributed by atoms with Crippen LogP contribution >= 0.6 is 34.8 Å². The van der Waals surface area contributed by atoms with Gasteiger partial charge < -0.3 is 10.4 Å². The molecule has 1 unspecified atom stereocenters. The van der Waals surface area contributed by atoms with E-state index >= 15 is 0 Å². The Morgan fingerprint density at radius 2 is 1.67 bits per heavy atom. The molecule has 2 nitrogen and oxygen atoms in total. The molecule has 0 aromatic heterocycles. The van der Waals surface area contributed by atoms with E-state index in [-0.39, 0.29) is 0 Å². The normalized spacial score (nSPS) is 13.8.